The smallest absolute Gasteiger partial charge is 0.226 e. The molecule has 32 heavy (non-hydrogen) atoms. The minimum absolute atomic E-state index is 0.201. The van der Waals surface area contributed by atoms with E-state index in [1.165, 1.54) is 0 Å². The minimum Gasteiger partial charge on any atom is -0.480 e. The summed E-state index contributed by atoms with van der Waals surface area (Å²) in [4.78, 5) is 4.46. The van der Waals surface area contributed by atoms with Crippen LogP contribution >= 0.6 is 43.5 Å². The van der Waals surface area contributed by atoms with Crippen LogP contribution in [-0.4, -0.2) is 14.8 Å². The Morgan fingerprint density at radius 2 is 1.78 bits per heavy atom. The fourth-order valence-corrected chi connectivity index (χ4v) is 5.21. The first kappa shape index (κ1) is 20.0. The van der Waals surface area contributed by atoms with Gasteiger partial charge in [-0.05, 0) is 53.6 Å². The third-order valence-corrected chi connectivity index (χ3v) is 6.97. The average Bonchev–Trinajstić information content (AvgIpc) is 3.26. The van der Waals surface area contributed by atoms with Crippen LogP contribution in [0.5, 0.6) is 5.75 Å². The molecular formula is C24H15Br2ClN4O. The van der Waals surface area contributed by atoms with E-state index >= 15 is 0 Å². The van der Waals surface area contributed by atoms with Crippen molar-refractivity contribution in [1.82, 2.24) is 14.8 Å². The van der Waals surface area contributed by atoms with Crippen LogP contribution in [0.25, 0.3) is 5.70 Å². The molecule has 0 radical (unpaired) electrons. The highest BCUT2D eigenvalue weighted by Gasteiger charge is 2.41. The lowest BCUT2D eigenvalue weighted by Crippen LogP contribution is -2.32. The zero-order chi connectivity index (χ0) is 21.8. The minimum atomic E-state index is -0.324. The van der Waals surface area contributed by atoms with E-state index in [1.54, 1.807) is 6.33 Å². The molecular weight excluding hydrogens is 556 g/mol. The molecule has 3 heterocycles. The molecule has 0 amide bonds. The molecule has 1 aromatic heterocycles. The quantitative estimate of drug-likeness (QED) is 0.282. The van der Waals surface area contributed by atoms with Gasteiger partial charge in [-0.3, -0.25) is 0 Å². The van der Waals surface area contributed by atoms with Crippen molar-refractivity contribution >= 4 is 55.1 Å². The third-order valence-electron chi connectivity index (χ3n) is 5.71. The Kier molecular flexibility index (Phi) is 4.86. The molecule has 2 aliphatic rings. The molecule has 0 fully saturated rings. The van der Waals surface area contributed by atoms with Gasteiger partial charge in [-0.15, -0.1) is 0 Å². The second kappa shape index (κ2) is 7.76. The third kappa shape index (κ3) is 3.27. The van der Waals surface area contributed by atoms with Crippen molar-refractivity contribution in [1.29, 1.82) is 0 Å². The summed E-state index contributed by atoms with van der Waals surface area (Å²) in [7, 11) is 0. The average molecular weight is 571 g/mol. The summed E-state index contributed by atoms with van der Waals surface area (Å²) < 4.78 is 10.5. The summed E-state index contributed by atoms with van der Waals surface area (Å²) in [5.41, 5.74) is 5.04. The van der Waals surface area contributed by atoms with Gasteiger partial charge in [0.05, 0.1) is 5.70 Å². The highest BCUT2D eigenvalue weighted by molar-refractivity contribution is 9.10. The van der Waals surface area contributed by atoms with Crippen molar-refractivity contribution in [3.63, 3.8) is 0 Å². The molecule has 0 saturated carbocycles. The number of ether oxygens (including phenoxy) is 1. The molecule has 2 unspecified atom stereocenters. The first-order valence-corrected chi connectivity index (χ1v) is 11.9. The fraction of sp³-hybridized carbons (Fsp3) is 0.0833. The van der Waals surface area contributed by atoms with Gasteiger partial charge in [0.15, 0.2) is 0 Å². The predicted octanol–water partition coefficient (Wildman–Crippen LogP) is 7.02. The van der Waals surface area contributed by atoms with Gasteiger partial charge in [-0.2, -0.15) is 10.1 Å². The van der Waals surface area contributed by atoms with E-state index in [0.29, 0.717) is 11.0 Å². The summed E-state index contributed by atoms with van der Waals surface area (Å²) in [5.74, 6) is 1.45. The van der Waals surface area contributed by atoms with Gasteiger partial charge in [0.1, 0.15) is 24.2 Å². The lowest BCUT2D eigenvalue weighted by Gasteiger charge is -2.39. The Morgan fingerprint density at radius 3 is 2.59 bits per heavy atom. The van der Waals surface area contributed by atoms with Gasteiger partial charge < -0.3 is 10.1 Å². The van der Waals surface area contributed by atoms with Crippen LogP contribution < -0.4 is 10.1 Å². The van der Waals surface area contributed by atoms with Gasteiger partial charge in [0, 0.05) is 25.1 Å². The molecule has 8 heteroatoms. The topological polar surface area (TPSA) is 52.0 Å². The van der Waals surface area contributed by atoms with Crippen LogP contribution in [0.4, 0.5) is 5.95 Å². The number of hydrogen-bond acceptors (Lipinski definition) is 4. The number of fused-ring (bicyclic) bond motifs is 3. The number of halogens is 3. The summed E-state index contributed by atoms with van der Waals surface area (Å²) in [6, 6.07) is 22.0. The monoisotopic (exact) mass is 568 g/mol. The molecule has 0 aliphatic carbocycles. The van der Waals surface area contributed by atoms with Gasteiger partial charge in [-0.1, -0.05) is 67.7 Å². The second-order valence-electron chi connectivity index (χ2n) is 7.63. The molecule has 1 N–H and O–H groups in total. The normalized spacial score (nSPS) is 18.8. The summed E-state index contributed by atoms with van der Waals surface area (Å²) >= 11 is 13.5. The van der Waals surface area contributed by atoms with Crippen molar-refractivity contribution < 1.29 is 4.74 Å². The van der Waals surface area contributed by atoms with Crippen LogP contribution in [0.15, 0.2) is 87.6 Å². The maximum Gasteiger partial charge on any atom is 0.226 e. The van der Waals surface area contributed by atoms with Crippen molar-refractivity contribution in [2.75, 3.05) is 5.32 Å². The maximum atomic E-state index is 6.62. The number of rotatable bonds is 2. The largest absolute Gasteiger partial charge is 0.480 e. The molecule has 0 spiro atoms. The van der Waals surface area contributed by atoms with Crippen molar-refractivity contribution in [3.05, 3.63) is 109 Å². The van der Waals surface area contributed by atoms with Gasteiger partial charge in [0.2, 0.25) is 5.95 Å². The summed E-state index contributed by atoms with van der Waals surface area (Å²) in [6.45, 7) is 0. The molecule has 0 saturated heterocycles. The second-order valence-corrected chi connectivity index (χ2v) is 9.90. The summed E-state index contributed by atoms with van der Waals surface area (Å²) in [5, 5.41) is 8.70. The molecule has 4 aromatic rings. The molecule has 2 atom stereocenters. The number of aromatic nitrogens is 3. The van der Waals surface area contributed by atoms with Crippen LogP contribution in [0.3, 0.4) is 0 Å². The molecule has 2 aliphatic heterocycles. The Bertz CT molecular complexity index is 1380. The first-order valence-electron chi connectivity index (χ1n) is 9.96. The molecule has 3 aromatic carbocycles. The van der Waals surface area contributed by atoms with E-state index in [0.717, 1.165) is 42.7 Å². The van der Waals surface area contributed by atoms with Crippen molar-refractivity contribution in [3.8, 4) is 5.75 Å². The van der Waals surface area contributed by atoms with Crippen LogP contribution in [-0.2, 0) is 0 Å². The molecule has 6 rings (SSSR count). The lowest BCUT2D eigenvalue weighted by molar-refractivity contribution is 0.223. The SMILES string of the molecule is Clc1ccc2c(c1)C1=C(C(c3cccc(Br)c3)O2)C(c2ccc(Br)cc2)n2ncnc2N1. The molecule has 0 bridgehead atoms. The van der Waals surface area contributed by atoms with Gasteiger partial charge in [-0.25, -0.2) is 4.68 Å². The number of hydrogen-bond donors (Lipinski definition) is 1. The van der Waals surface area contributed by atoms with Crippen molar-refractivity contribution in [2.45, 2.75) is 12.1 Å². The lowest BCUT2D eigenvalue weighted by atomic mass is 9.84. The standard InChI is InChI=1S/C24H15Br2ClN4O/c25-15-6-4-13(5-7-15)22-20-21(30-24-28-12-29-31(22)24)18-11-17(27)8-9-19(18)32-23(20)14-2-1-3-16(26)10-14/h1-12,22-23H,(H,28,29,30). The Labute approximate surface area is 206 Å². The Balaban J connectivity index is 1.64. The number of anilines is 1. The van der Waals surface area contributed by atoms with Crippen LogP contribution in [0, 0.1) is 0 Å². The molecule has 158 valence electrons. The number of benzene rings is 3. The van der Waals surface area contributed by atoms with Gasteiger partial charge in [0.25, 0.3) is 0 Å². The van der Waals surface area contributed by atoms with E-state index < -0.39 is 0 Å². The summed E-state index contributed by atoms with van der Waals surface area (Å²) in [6.07, 6.45) is 1.25. The zero-order valence-electron chi connectivity index (χ0n) is 16.5. The zero-order valence-corrected chi connectivity index (χ0v) is 20.4. The molecule has 5 nitrogen and oxygen atoms in total. The van der Waals surface area contributed by atoms with Crippen LogP contribution in [0.1, 0.15) is 28.8 Å². The number of nitrogens with zero attached hydrogens (tertiary/aromatic N) is 3. The predicted molar refractivity (Wildman–Crippen MR) is 132 cm³/mol. The highest BCUT2D eigenvalue weighted by atomic mass is 79.9. The first-order chi connectivity index (χ1) is 15.6. The van der Waals surface area contributed by atoms with E-state index in [9.17, 15) is 0 Å². The highest BCUT2D eigenvalue weighted by Crippen LogP contribution is 2.51. The van der Waals surface area contributed by atoms with E-state index in [2.05, 4.69) is 71.5 Å². The Morgan fingerprint density at radius 1 is 0.938 bits per heavy atom. The van der Waals surface area contributed by atoms with E-state index in [4.69, 9.17) is 16.3 Å². The fourth-order valence-electron chi connectivity index (χ4n) is 4.35. The number of nitrogens with one attached hydrogen (secondary N) is 1. The van der Waals surface area contributed by atoms with E-state index in [-0.39, 0.29) is 12.1 Å². The maximum absolute atomic E-state index is 6.62. The van der Waals surface area contributed by atoms with Gasteiger partial charge >= 0.3 is 0 Å². The van der Waals surface area contributed by atoms with Crippen molar-refractivity contribution in [2.24, 2.45) is 0 Å². The van der Waals surface area contributed by atoms with Crippen LogP contribution in [0.2, 0.25) is 5.02 Å². The van der Waals surface area contributed by atoms with E-state index in [1.807, 2.05) is 47.1 Å². The Hall–Kier alpha value is -2.61.